The number of hydrogen-bond acceptors (Lipinski definition) is 5. The van der Waals surface area contributed by atoms with Gasteiger partial charge in [-0.25, -0.2) is 4.98 Å². The van der Waals surface area contributed by atoms with Crippen LogP contribution in [0.1, 0.15) is 17.7 Å². The fraction of sp³-hybridized carbons (Fsp3) is 0.333. The Balaban J connectivity index is 0.00000208. The van der Waals surface area contributed by atoms with Crippen LogP contribution in [0.2, 0.25) is 10.0 Å². The number of carbonyl (C=O) groups is 1. The summed E-state index contributed by atoms with van der Waals surface area (Å²) in [6.45, 7) is 1.56. The number of aromatic nitrogens is 1. The van der Waals surface area contributed by atoms with E-state index in [-0.39, 0.29) is 24.4 Å². The van der Waals surface area contributed by atoms with E-state index < -0.39 is 0 Å². The topological polar surface area (TPSA) is 71.2 Å². The third-order valence-electron chi connectivity index (χ3n) is 3.73. The van der Waals surface area contributed by atoms with E-state index in [1.807, 2.05) is 0 Å². The normalized spacial score (nSPS) is 17.5. The Morgan fingerprint density at radius 1 is 1.38 bits per heavy atom. The summed E-state index contributed by atoms with van der Waals surface area (Å²) in [7, 11) is 0. The number of nitrogens with zero attached hydrogens (tertiary/aromatic N) is 2. The molecule has 1 fully saturated rings. The van der Waals surface area contributed by atoms with Crippen LogP contribution in [0, 0.1) is 0 Å². The third-order valence-corrected chi connectivity index (χ3v) is 4.97. The van der Waals surface area contributed by atoms with Crippen LogP contribution in [0.15, 0.2) is 24.4 Å². The van der Waals surface area contributed by atoms with E-state index in [4.69, 9.17) is 28.9 Å². The number of nitrogens with two attached hydrogens (primary N) is 1. The summed E-state index contributed by atoms with van der Waals surface area (Å²) in [5.74, 6) is -0.0432. The molecular weight excluding hydrogens is 391 g/mol. The Morgan fingerprint density at radius 2 is 2.08 bits per heavy atom. The third kappa shape index (κ3) is 4.74. The lowest BCUT2D eigenvalue weighted by Crippen LogP contribution is -2.39. The molecule has 0 saturated carbocycles. The first-order valence-electron chi connectivity index (χ1n) is 7.22. The molecule has 24 heavy (non-hydrogen) atoms. The van der Waals surface area contributed by atoms with E-state index in [0.717, 1.165) is 24.3 Å². The summed E-state index contributed by atoms with van der Waals surface area (Å²) in [5, 5.41) is 4.44. The van der Waals surface area contributed by atoms with E-state index >= 15 is 0 Å². The lowest BCUT2D eigenvalue weighted by molar-refractivity contribution is -0.120. The Morgan fingerprint density at radius 3 is 2.71 bits per heavy atom. The first-order chi connectivity index (χ1) is 11.0. The highest BCUT2D eigenvalue weighted by atomic mass is 35.5. The van der Waals surface area contributed by atoms with Crippen LogP contribution in [0.4, 0.5) is 10.8 Å². The molecule has 9 heteroatoms. The van der Waals surface area contributed by atoms with Crippen LogP contribution >= 0.6 is 46.9 Å². The predicted molar refractivity (Wildman–Crippen MR) is 102 cm³/mol. The van der Waals surface area contributed by atoms with Crippen LogP contribution in [0.3, 0.4) is 0 Å². The Labute approximate surface area is 160 Å². The van der Waals surface area contributed by atoms with E-state index in [9.17, 15) is 4.79 Å². The van der Waals surface area contributed by atoms with Gasteiger partial charge in [-0.15, -0.1) is 23.7 Å². The summed E-state index contributed by atoms with van der Waals surface area (Å²) in [6.07, 6.45) is 3.58. The van der Waals surface area contributed by atoms with E-state index in [1.54, 1.807) is 24.4 Å². The highest BCUT2D eigenvalue weighted by Crippen LogP contribution is 2.26. The maximum Gasteiger partial charge on any atom is 0.241 e. The fourth-order valence-corrected chi connectivity index (χ4v) is 4.00. The Kier molecular flexibility index (Phi) is 6.71. The van der Waals surface area contributed by atoms with Gasteiger partial charge in [-0.05, 0) is 37.6 Å². The zero-order chi connectivity index (χ0) is 16.4. The van der Waals surface area contributed by atoms with Crippen LogP contribution in [0.5, 0.6) is 0 Å². The van der Waals surface area contributed by atoms with Crippen molar-refractivity contribution in [1.82, 2.24) is 9.88 Å². The van der Waals surface area contributed by atoms with Crippen molar-refractivity contribution in [3.8, 4) is 0 Å². The molecule has 3 N–H and O–H groups in total. The molecule has 1 aromatic carbocycles. The van der Waals surface area contributed by atoms with Gasteiger partial charge in [0.1, 0.15) is 0 Å². The van der Waals surface area contributed by atoms with Gasteiger partial charge in [-0.2, -0.15) is 0 Å². The molecule has 1 aromatic heterocycles. The predicted octanol–water partition coefficient (Wildman–Crippen LogP) is 4.06. The van der Waals surface area contributed by atoms with E-state index in [1.165, 1.54) is 11.3 Å². The van der Waals surface area contributed by atoms with Gasteiger partial charge < -0.3 is 11.1 Å². The molecule has 1 saturated heterocycles. The number of likely N-dealkylation sites (tertiary alicyclic amines) is 1. The monoisotopic (exact) mass is 406 g/mol. The highest BCUT2D eigenvalue weighted by molar-refractivity contribution is 7.15. The second-order valence-electron chi connectivity index (χ2n) is 5.44. The molecule has 1 amide bonds. The zero-order valence-corrected chi connectivity index (χ0v) is 15.8. The summed E-state index contributed by atoms with van der Waals surface area (Å²) < 4.78 is 0. The average Bonchev–Trinajstić information content (AvgIpc) is 3.07. The molecule has 2 aromatic rings. The van der Waals surface area contributed by atoms with Gasteiger partial charge in [-0.1, -0.05) is 23.2 Å². The minimum atomic E-state index is -0.170. The molecule has 1 unspecified atom stereocenters. The first kappa shape index (κ1) is 19.3. The number of hydrogen-bond donors (Lipinski definition) is 2. The van der Waals surface area contributed by atoms with E-state index in [0.29, 0.717) is 27.4 Å². The number of benzene rings is 1. The second-order valence-corrected chi connectivity index (χ2v) is 7.46. The number of nitrogens with one attached hydrogen (secondary N) is 1. The summed E-state index contributed by atoms with van der Waals surface area (Å²) in [4.78, 5) is 19.8. The van der Waals surface area contributed by atoms with Crippen molar-refractivity contribution in [1.29, 1.82) is 0 Å². The Bertz CT molecular complexity index is 704. The SMILES string of the molecule is Cl.Nc1ncc(CN2CCCC2C(=O)Nc2cc(Cl)cc(Cl)c2)s1. The first-order valence-corrected chi connectivity index (χ1v) is 8.80. The van der Waals surface area contributed by atoms with Gasteiger partial charge in [0.2, 0.25) is 5.91 Å². The standard InChI is InChI=1S/C15H16Cl2N4OS.ClH/c16-9-4-10(17)6-11(5-9)20-14(22)13-2-1-3-21(13)8-12-7-19-15(18)23-12;/h4-7,13H,1-3,8H2,(H2,18,19)(H,20,22);1H. The van der Waals surface area contributed by atoms with Gasteiger partial charge >= 0.3 is 0 Å². The second kappa shape index (κ2) is 8.36. The molecule has 1 aliphatic rings. The molecule has 0 bridgehead atoms. The average molecular weight is 408 g/mol. The molecule has 0 spiro atoms. The number of thiazole rings is 1. The molecule has 130 valence electrons. The largest absolute Gasteiger partial charge is 0.375 e. The van der Waals surface area contributed by atoms with Crippen molar-refractivity contribution >= 4 is 63.7 Å². The number of nitrogen functional groups attached to an aromatic ring is 1. The quantitative estimate of drug-likeness (QED) is 0.802. The summed E-state index contributed by atoms with van der Waals surface area (Å²) >= 11 is 13.4. The molecule has 1 atom stereocenters. The Hall–Kier alpha value is -1.05. The number of carbonyl (C=O) groups excluding carboxylic acids is 1. The van der Waals surface area contributed by atoms with Gasteiger partial charge in [0.15, 0.2) is 5.13 Å². The van der Waals surface area contributed by atoms with Crippen molar-refractivity contribution in [3.63, 3.8) is 0 Å². The lowest BCUT2D eigenvalue weighted by atomic mass is 10.2. The molecule has 0 radical (unpaired) electrons. The maximum atomic E-state index is 12.6. The molecule has 0 aliphatic carbocycles. The van der Waals surface area contributed by atoms with Crippen LogP contribution in [-0.2, 0) is 11.3 Å². The molecule has 2 heterocycles. The number of rotatable bonds is 4. The fourth-order valence-electron chi connectivity index (χ4n) is 2.76. The molecule has 3 rings (SSSR count). The summed E-state index contributed by atoms with van der Waals surface area (Å²) in [5.41, 5.74) is 6.27. The minimum absolute atomic E-state index is 0. The van der Waals surface area contributed by atoms with Crippen molar-refractivity contribution in [3.05, 3.63) is 39.3 Å². The molecule has 5 nitrogen and oxygen atoms in total. The number of anilines is 2. The van der Waals surface area contributed by atoms with Crippen LogP contribution in [0.25, 0.3) is 0 Å². The highest BCUT2D eigenvalue weighted by Gasteiger charge is 2.31. The lowest BCUT2D eigenvalue weighted by Gasteiger charge is -2.23. The van der Waals surface area contributed by atoms with Crippen molar-refractivity contribution in [2.45, 2.75) is 25.4 Å². The molecule has 1 aliphatic heterocycles. The van der Waals surface area contributed by atoms with Crippen molar-refractivity contribution in [2.75, 3.05) is 17.6 Å². The van der Waals surface area contributed by atoms with Gasteiger partial charge in [0.25, 0.3) is 0 Å². The molecular formula is C15H17Cl3N4OS. The van der Waals surface area contributed by atoms with Gasteiger partial charge in [0, 0.05) is 33.4 Å². The number of amides is 1. The smallest absolute Gasteiger partial charge is 0.241 e. The van der Waals surface area contributed by atoms with Gasteiger partial charge in [0.05, 0.1) is 6.04 Å². The van der Waals surface area contributed by atoms with Crippen molar-refractivity contribution < 1.29 is 4.79 Å². The van der Waals surface area contributed by atoms with E-state index in [2.05, 4.69) is 15.2 Å². The van der Waals surface area contributed by atoms with Crippen LogP contribution in [-0.4, -0.2) is 28.4 Å². The maximum absolute atomic E-state index is 12.6. The minimum Gasteiger partial charge on any atom is -0.375 e. The van der Waals surface area contributed by atoms with Crippen LogP contribution < -0.4 is 11.1 Å². The summed E-state index contributed by atoms with van der Waals surface area (Å²) in [6, 6.07) is 4.84. The number of halogens is 3. The van der Waals surface area contributed by atoms with Crippen molar-refractivity contribution in [2.24, 2.45) is 0 Å². The zero-order valence-electron chi connectivity index (χ0n) is 12.7. The van der Waals surface area contributed by atoms with Gasteiger partial charge in [-0.3, -0.25) is 9.69 Å².